The molecule has 5 nitrogen and oxygen atoms in total. The second-order valence-electron chi connectivity index (χ2n) is 8.35. The maximum absolute atomic E-state index is 13.5. The zero-order valence-corrected chi connectivity index (χ0v) is 18.7. The average molecular weight is 436 g/mol. The van der Waals surface area contributed by atoms with Crippen LogP contribution >= 0.6 is 11.6 Å². The number of carbonyl (C=O) groups is 2. The topological polar surface area (TPSA) is 62.3 Å². The van der Waals surface area contributed by atoms with Gasteiger partial charge in [-0.1, -0.05) is 60.6 Å². The Morgan fingerprint density at radius 2 is 1.81 bits per heavy atom. The Morgan fingerprint density at radius 3 is 2.48 bits per heavy atom. The normalized spacial score (nSPS) is 12.3. The molecule has 160 valence electrons. The molecule has 0 spiro atoms. The first-order chi connectivity index (χ1) is 14.7. The first-order valence-corrected chi connectivity index (χ1v) is 10.4. The molecule has 2 aromatic carbocycles. The van der Waals surface area contributed by atoms with E-state index in [1.807, 2.05) is 63.2 Å². The van der Waals surface area contributed by atoms with Crippen molar-refractivity contribution in [3.63, 3.8) is 0 Å². The van der Waals surface area contributed by atoms with Gasteiger partial charge in [0.05, 0.1) is 0 Å². The van der Waals surface area contributed by atoms with Crippen molar-refractivity contribution in [3.05, 3.63) is 89.7 Å². The molecule has 6 heteroatoms. The Morgan fingerprint density at radius 1 is 1.13 bits per heavy atom. The van der Waals surface area contributed by atoms with Gasteiger partial charge in [0, 0.05) is 40.4 Å². The molecule has 0 radical (unpaired) electrons. The Kier molecular flexibility index (Phi) is 6.76. The maximum Gasteiger partial charge on any atom is 0.247 e. The van der Waals surface area contributed by atoms with Crippen LogP contribution in [0.15, 0.2) is 73.6 Å². The van der Waals surface area contributed by atoms with E-state index in [4.69, 9.17) is 11.6 Å². The van der Waals surface area contributed by atoms with E-state index in [1.54, 1.807) is 18.5 Å². The van der Waals surface area contributed by atoms with Crippen LogP contribution in [0.1, 0.15) is 37.9 Å². The number of amides is 2. The summed E-state index contributed by atoms with van der Waals surface area (Å²) in [7, 11) is 0. The summed E-state index contributed by atoms with van der Waals surface area (Å²) in [4.78, 5) is 32.4. The number of hydrogen-bond acceptors (Lipinski definition) is 3. The van der Waals surface area contributed by atoms with Crippen LogP contribution in [0.3, 0.4) is 0 Å². The van der Waals surface area contributed by atoms with Gasteiger partial charge in [-0.3, -0.25) is 14.6 Å². The Balaban J connectivity index is 2.18. The van der Waals surface area contributed by atoms with E-state index in [1.165, 1.54) is 11.0 Å². The fourth-order valence-electron chi connectivity index (χ4n) is 3.47. The van der Waals surface area contributed by atoms with Crippen molar-refractivity contribution in [1.29, 1.82) is 0 Å². The molecule has 0 bridgehead atoms. The lowest BCUT2D eigenvalue weighted by Gasteiger charge is -2.33. The van der Waals surface area contributed by atoms with Gasteiger partial charge in [0.15, 0.2) is 0 Å². The summed E-state index contributed by atoms with van der Waals surface area (Å²) in [6, 6.07) is 14.0. The predicted octanol–water partition coefficient (Wildman–Crippen LogP) is 5.06. The summed E-state index contributed by atoms with van der Waals surface area (Å²) < 4.78 is 0. The van der Waals surface area contributed by atoms with Crippen LogP contribution in [-0.4, -0.2) is 27.2 Å². The number of nitrogens with one attached hydrogen (secondary N) is 1. The minimum Gasteiger partial charge on any atom is -0.349 e. The fourth-order valence-corrected chi connectivity index (χ4v) is 3.67. The third kappa shape index (κ3) is 5.30. The van der Waals surface area contributed by atoms with Crippen molar-refractivity contribution in [2.45, 2.75) is 38.9 Å². The molecular weight excluding hydrogens is 410 g/mol. The van der Waals surface area contributed by atoms with Gasteiger partial charge in [-0.25, -0.2) is 0 Å². The van der Waals surface area contributed by atoms with Gasteiger partial charge in [0.25, 0.3) is 0 Å². The molecule has 1 aromatic heterocycles. The van der Waals surface area contributed by atoms with E-state index >= 15 is 0 Å². The zero-order valence-electron chi connectivity index (χ0n) is 17.9. The Hall–Kier alpha value is -3.18. The highest BCUT2D eigenvalue weighted by Crippen LogP contribution is 2.31. The van der Waals surface area contributed by atoms with Gasteiger partial charge in [0.2, 0.25) is 11.8 Å². The lowest BCUT2D eigenvalue weighted by Crippen LogP contribution is -2.49. The second-order valence-corrected chi connectivity index (χ2v) is 8.76. The third-order valence-corrected chi connectivity index (χ3v) is 5.18. The van der Waals surface area contributed by atoms with Crippen LogP contribution in [0.25, 0.3) is 10.8 Å². The molecule has 0 saturated heterocycles. The van der Waals surface area contributed by atoms with Crippen LogP contribution in [0.4, 0.5) is 0 Å². The maximum atomic E-state index is 13.5. The van der Waals surface area contributed by atoms with Crippen molar-refractivity contribution in [1.82, 2.24) is 15.2 Å². The van der Waals surface area contributed by atoms with Crippen LogP contribution in [0, 0.1) is 0 Å². The summed E-state index contributed by atoms with van der Waals surface area (Å²) in [5, 5.41) is 5.28. The predicted molar refractivity (Wildman–Crippen MR) is 125 cm³/mol. The van der Waals surface area contributed by atoms with E-state index in [-0.39, 0.29) is 18.4 Å². The number of aromatic nitrogens is 1. The molecule has 2 amide bonds. The summed E-state index contributed by atoms with van der Waals surface area (Å²) in [6.45, 7) is 9.49. The summed E-state index contributed by atoms with van der Waals surface area (Å²) >= 11 is 6.37. The Bertz CT molecular complexity index is 1120. The minimum absolute atomic E-state index is 0.149. The molecule has 0 fully saturated rings. The third-order valence-electron chi connectivity index (χ3n) is 4.81. The van der Waals surface area contributed by atoms with Gasteiger partial charge in [-0.15, -0.1) is 0 Å². The van der Waals surface area contributed by atoms with E-state index in [9.17, 15) is 9.59 Å². The van der Waals surface area contributed by atoms with Gasteiger partial charge in [0.1, 0.15) is 6.04 Å². The van der Waals surface area contributed by atoms with Gasteiger partial charge in [-0.05, 0) is 43.9 Å². The van der Waals surface area contributed by atoms with Crippen LogP contribution in [0.5, 0.6) is 0 Å². The van der Waals surface area contributed by atoms with E-state index in [2.05, 4.69) is 16.9 Å². The summed E-state index contributed by atoms with van der Waals surface area (Å²) in [5.41, 5.74) is 0.893. The lowest BCUT2D eigenvalue weighted by molar-refractivity contribution is -0.138. The largest absolute Gasteiger partial charge is 0.349 e. The molecule has 1 unspecified atom stereocenters. The van der Waals surface area contributed by atoms with Crippen molar-refractivity contribution in [2.75, 3.05) is 0 Å². The molecule has 1 heterocycles. The monoisotopic (exact) mass is 435 g/mol. The van der Waals surface area contributed by atoms with Crippen molar-refractivity contribution < 1.29 is 9.59 Å². The van der Waals surface area contributed by atoms with Gasteiger partial charge in [-0.2, -0.15) is 0 Å². The van der Waals surface area contributed by atoms with Crippen LogP contribution in [0.2, 0.25) is 5.02 Å². The summed E-state index contributed by atoms with van der Waals surface area (Å²) in [6.07, 6.45) is 4.60. The lowest BCUT2D eigenvalue weighted by atomic mass is 9.97. The molecule has 3 rings (SSSR count). The minimum atomic E-state index is -0.917. The number of pyridine rings is 1. The standard InChI is InChI=1S/C25H26ClN3O2/c1-5-22(30)29(16-18-11-7-9-13-21(18)26)23(24(31)28-25(2,3)4)20-15-27-14-17-10-6-8-12-19(17)20/h5-15,23H,1,16H2,2-4H3,(H,28,31). The molecule has 0 saturated carbocycles. The number of benzene rings is 2. The first kappa shape index (κ1) is 22.5. The SMILES string of the molecule is C=CC(=O)N(Cc1ccccc1Cl)C(C(=O)NC(C)(C)C)c1cncc2ccccc12. The van der Waals surface area contributed by atoms with Gasteiger partial charge < -0.3 is 10.2 Å². The highest BCUT2D eigenvalue weighted by Gasteiger charge is 2.34. The molecule has 31 heavy (non-hydrogen) atoms. The number of carbonyl (C=O) groups excluding carboxylic acids is 2. The number of fused-ring (bicyclic) bond motifs is 1. The highest BCUT2D eigenvalue weighted by atomic mass is 35.5. The average Bonchev–Trinajstić information content (AvgIpc) is 2.73. The smallest absolute Gasteiger partial charge is 0.247 e. The van der Waals surface area contributed by atoms with Crippen molar-refractivity contribution in [2.24, 2.45) is 0 Å². The van der Waals surface area contributed by atoms with Crippen molar-refractivity contribution in [3.8, 4) is 0 Å². The van der Waals surface area contributed by atoms with Crippen molar-refractivity contribution >= 4 is 34.2 Å². The molecular formula is C25H26ClN3O2. The number of halogens is 1. The Labute approximate surface area is 187 Å². The van der Waals surface area contributed by atoms with Crippen LogP contribution < -0.4 is 5.32 Å². The molecule has 0 aliphatic heterocycles. The zero-order chi connectivity index (χ0) is 22.6. The quantitative estimate of drug-likeness (QED) is 0.550. The number of hydrogen-bond donors (Lipinski definition) is 1. The molecule has 0 aliphatic rings. The molecule has 0 aliphatic carbocycles. The highest BCUT2D eigenvalue weighted by molar-refractivity contribution is 6.31. The van der Waals surface area contributed by atoms with Gasteiger partial charge >= 0.3 is 0 Å². The fraction of sp³-hybridized carbons (Fsp3) is 0.240. The first-order valence-electron chi connectivity index (χ1n) is 10.0. The number of nitrogens with zero attached hydrogens (tertiary/aromatic N) is 2. The molecule has 3 aromatic rings. The number of rotatable bonds is 6. The van der Waals surface area contributed by atoms with E-state index in [0.717, 1.165) is 16.3 Å². The van der Waals surface area contributed by atoms with E-state index < -0.39 is 11.6 Å². The van der Waals surface area contributed by atoms with E-state index in [0.29, 0.717) is 10.6 Å². The second kappa shape index (κ2) is 9.31. The molecule has 1 N–H and O–H groups in total. The van der Waals surface area contributed by atoms with Crippen LogP contribution in [-0.2, 0) is 16.1 Å². The summed E-state index contributed by atoms with van der Waals surface area (Å²) in [5.74, 6) is -0.671. The molecule has 1 atom stereocenters.